The third kappa shape index (κ3) is 6.64. The minimum Gasteiger partial charge on any atom is -0.493 e. The summed E-state index contributed by atoms with van der Waals surface area (Å²) in [5.74, 6) is -0.338. The Bertz CT molecular complexity index is 747. The molecule has 0 bridgehead atoms. The number of hydrogen-bond acceptors (Lipinski definition) is 4. The Balaban J connectivity index is 1.68. The number of anilines is 1. The number of nitrogens with one attached hydrogen (secondary N) is 1. The predicted molar refractivity (Wildman–Crippen MR) is 97.3 cm³/mol. The minimum atomic E-state index is -0.524. The molecule has 0 atom stereocenters. The summed E-state index contributed by atoms with van der Waals surface area (Å²) in [7, 11) is 0. The second-order valence-electron chi connectivity index (χ2n) is 5.24. The van der Waals surface area contributed by atoms with Gasteiger partial charge in [-0.25, -0.2) is 0 Å². The summed E-state index contributed by atoms with van der Waals surface area (Å²) < 4.78 is 10.3. The van der Waals surface area contributed by atoms with Crippen molar-refractivity contribution in [1.82, 2.24) is 0 Å². The number of benzene rings is 2. The highest BCUT2D eigenvalue weighted by molar-refractivity contribution is 6.36. The Morgan fingerprint density at radius 1 is 1.08 bits per heavy atom. The van der Waals surface area contributed by atoms with Crippen LogP contribution >= 0.6 is 23.2 Å². The largest absolute Gasteiger partial charge is 0.493 e. The Kier molecular flexibility index (Phi) is 7.10. The molecule has 0 saturated heterocycles. The molecule has 5 nitrogen and oxygen atoms in total. The van der Waals surface area contributed by atoms with Crippen LogP contribution in [0, 0.1) is 6.92 Å². The number of ether oxygens (including phenoxy) is 2. The fourth-order valence-electron chi connectivity index (χ4n) is 1.88. The van der Waals surface area contributed by atoms with E-state index in [1.807, 2.05) is 31.2 Å². The van der Waals surface area contributed by atoms with Gasteiger partial charge in [-0.15, -0.1) is 0 Å². The first-order valence-electron chi connectivity index (χ1n) is 7.54. The Morgan fingerprint density at radius 2 is 1.80 bits per heavy atom. The molecule has 0 fully saturated rings. The van der Waals surface area contributed by atoms with Crippen molar-refractivity contribution in [2.24, 2.45) is 0 Å². The van der Waals surface area contributed by atoms with Crippen molar-refractivity contribution in [3.8, 4) is 5.75 Å². The molecule has 2 aromatic carbocycles. The monoisotopic (exact) mass is 381 g/mol. The van der Waals surface area contributed by atoms with Crippen molar-refractivity contribution in [3.05, 3.63) is 58.1 Å². The van der Waals surface area contributed by atoms with Gasteiger partial charge in [0.1, 0.15) is 5.75 Å². The smallest absolute Gasteiger partial charge is 0.309 e. The molecule has 25 heavy (non-hydrogen) atoms. The lowest BCUT2D eigenvalue weighted by atomic mass is 10.2. The molecule has 0 saturated carbocycles. The van der Waals surface area contributed by atoms with E-state index >= 15 is 0 Å². The lowest BCUT2D eigenvalue weighted by Gasteiger charge is -2.09. The first-order chi connectivity index (χ1) is 11.9. The Hall–Kier alpha value is -2.24. The van der Waals surface area contributed by atoms with E-state index in [0.29, 0.717) is 21.5 Å². The molecule has 2 rings (SSSR count). The summed E-state index contributed by atoms with van der Waals surface area (Å²) in [5.41, 5.74) is 1.52. The van der Waals surface area contributed by atoms with Crippen LogP contribution in [0.15, 0.2) is 42.5 Å². The van der Waals surface area contributed by atoms with Gasteiger partial charge in [0, 0.05) is 5.02 Å². The zero-order chi connectivity index (χ0) is 18.2. The topological polar surface area (TPSA) is 64.6 Å². The lowest BCUT2D eigenvalue weighted by molar-refractivity contribution is -0.147. The quantitative estimate of drug-likeness (QED) is 0.727. The van der Waals surface area contributed by atoms with Crippen molar-refractivity contribution < 1.29 is 19.1 Å². The van der Waals surface area contributed by atoms with Crippen LogP contribution in [0.1, 0.15) is 12.0 Å². The normalized spacial score (nSPS) is 10.2. The molecule has 0 aliphatic heterocycles. The molecule has 7 heteroatoms. The number of rotatable bonds is 7. The van der Waals surface area contributed by atoms with Crippen molar-refractivity contribution in [2.45, 2.75) is 13.3 Å². The van der Waals surface area contributed by atoms with Gasteiger partial charge in [0.15, 0.2) is 6.61 Å². The fourth-order valence-corrected chi connectivity index (χ4v) is 2.34. The summed E-state index contributed by atoms with van der Waals surface area (Å²) in [6.45, 7) is 1.75. The number of carbonyl (C=O) groups excluding carboxylic acids is 2. The SMILES string of the molecule is Cc1ccc(OCCC(=O)OCC(=O)Nc2ccc(Cl)cc2Cl)cc1. The molecule has 1 N–H and O–H groups in total. The second kappa shape index (κ2) is 9.30. The fraction of sp³-hybridized carbons (Fsp3) is 0.222. The molecular weight excluding hydrogens is 365 g/mol. The van der Waals surface area contributed by atoms with Crippen LogP contribution in [0.25, 0.3) is 0 Å². The average molecular weight is 382 g/mol. The van der Waals surface area contributed by atoms with E-state index < -0.39 is 18.5 Å². The zero-order valence-electron chi connectivity index (χ0n) is 13.6. The van der Waals surface area contributed by atoms with E-state index in [4.69, 9.17) is 32.7 Å². The summed E-state index contributed by atoms with van der Waals surface area (Å²) in [5, 5.41) is 3.31. The van der Waals surface area contributed by atoms with Crippen LogP contribution in [0.5, 0.6) is 5.75 Å². The minimum absolute atomic E-state index is 0.0445. The van der Waals surface area contributed by atoms with E-state index in [1.54, 1.807) is 12.1 Å². The molecule has 0 radical (unpaired) electrons. The number of aryl methyl sites for hydroxylation is 1. The number of hydrogen-bond donors (Lipinski definition) is 1. The molecule has 0 aliphatic carbocycles. The molecule has 132 valence electrons. The highest BCUT2D eigenvalue weighted by Crippen LogP contribution is 2.25. The van der Waals surface area contributed by atoms with Crippen molar-refractivity contribution in [2.75, 3.05) is 18.5 Å². The second-order valence-corrected chi connectivity index (χ2v) is 6.09. The molecular formula is C18H17Cl2NO4. The van der Waals surface area contributed by atoms with Gasteiger partial charge in [-0.1, -0.05) is 40.9 Å². The highest BCUT2D eigenvalue weighted by Gasteiger charge is 2.10. The summed E-state index contributed by atoms with van der Waals surface area (Å²) in [4.78, 5) is 23.4. The van der Waals surface area contributed by atoms with Gasteiger partial charge < -0.3 is 14.8 Å². The molecule has 0 unspecified atom stereocenters. The van der Waals surface area contributed by atoms with Crippen LogP contribution in [0.4, 0.5) is 5.69 Å². The van der Waals surface area contributed by atoms with Crippen molar-refractivity contribution in [3.63, 3.8) is 0 Å². The zero-order valence-corrected chi connectivity index (χ0v) is 15.1. The van der Waals surface area contributed by atoms with Gasteiger partial charge in [-0.2, -0.15) is 0 Å². The van der Waals surface area contributed by atoms with Gasteiger partial charge in [0.05, 0.1) is 23.7 Å². The van der Waals surface area contributed by atoms with Gasteiger partial charge in [-0.05, 0) is 37.3 Å². The first kappa shape index (κ1) is 19.1. The van der Waals surface area contributed by atoms with Crippen LogP contribution in [0.3, 0.4) is 0 Å². The average Bonchev–Trinajstić information content (AvgIpc) is 2.57. The van der Waals surface area contributed by atoms with Crippen LogP contribution in [0.2, 0.25) is 10.0 Å². The van der Waals surface area contributed by atoms with Crippen molar-refractivity contribution >= 4 is 40.8 Å². The van der Waals surface area contributed by atoms with Gasteiger partial charge in [-0.3, -0.25) is 9.59 Å². The van der Waals surface area contributed by atoms with Gasteiger partial charge in [0.2, 0.25) is 0 Å². The summed E-state index contributed by atoms with van der Waals surface area (Å²) >= 11 is 11.7. The Labute approximate surface area is 155 Å². The number of carbonyl (C=O) groups is 2. The first-order valence-corrected chi connectivity index (χ1v) is 8.29. The number of esters is 1. The third-order valence-corrected chi connectivity index (χ3v) is 3.71. The standard InChI is InChI=1S/C18H17Cl2NO4/c1-12-2-5-14(6-3-12)24-9-8-18(23)25-11-17(22)21-16-7-4-13(19)10-15(16)20/h2-7,10H,8-9,11H2,1H3,(H,21,22). The summed E-state index contributed by atoms with van der Waals surface area (Å²) in [6.07, 6.45) is 0.0445. The lowest BCUT2D eigenvalue weighted by Crippen LogP contribution is -2.21. The molecule has 0 aromatic heterocycles. The molecule has 0 spiro atoms. The summed E-state index contributed by atoms with van der Waals surface area (Å²) in [6, 6.07) is 12.2. The van der Waals surface area contributed by atoms with Crippen LogP contribution in [-0.4, -0.2) is 25.1 Å². The molecule has 0 aliphatic rings. The van der Waals surface area contributed by atoms with Crippen molar-refractivity contribution in [1.29, 1.82) is 0 Å². The number of halogens is 2. The molecule has 2 aromatic rings. The maximum absolute atomic E-state index is 11.8. The van der Waals surface area contributed by atoms with E-state index in [1.165, 1.54) is 6.07 Å². The van der Waals surface area contributed by atoms with E-state index in [2.05, 4.69) is 5.32 Å². The maximum atomic E-state index is 11.8. The maximum Gasteiger partial charge on any atom is 0.309 e. The molecule has 1 amide bonds. The predicted octanol–water partition coefficient (Wildman–Crippen LogP) is 4.25. The van der Waals surface area contributed by atoms with Gasteiger partial charge >= 0.3 is 5.97 Å². The van der Waals surface area contributed by atoms with E-state index in [-0.39, 0.29) is 13.0 Å². The Morgan fingerprint density at radius 3 is 2.48 bits per heavy atom. The van der Waals surface area contributed by atoms with Crippen LogP contribution < -0.4 is 10.1 Å². The van der Waals surface area contributed by atoms with E-state index in [0.717, 1.165) is 5.56 Å². The third-order valence-electron chi connectivity index (χ3n) is 3.17. The van der Waals surface area contributed by atoms with Crippen LogP contribution in [-0.2, 0) is 14.3 Å². The van der Waals surface area contributed by atoms with Gasteiger partial charge in [0.25, 0.3) is 5.91 Å². The highest BCUT2D eigenvalue weighted by atomic mass is 35.5. The number of amides is 1. The van der Waals surface area contributed by atoms with E-state index in [9.17, 15) is 9.59 Å². The molecule has 0 heterocycles.